The summed E-state index contributed by atoms with van der Waals surface area (Å²) in [6, 6.07) is 7.09. The van der Waals surface area contributed by atoms with Gasteiger partial charge in [0.2, 0.25) is 0 Å². The van der Waals surface area contributed by atoms with Crippen molar-refractivity contribution in [1.82, 2.24) is 0 Å². The number of hydrogen-bond donors (Lipinski definition) is 0. The van der Waals surface area contributed by atoms with E-state index < -0.39 is 0 Å². The molecule has 66 valence electrons. The number of hydrogen-bond acceptors (Lipinski definition) is 3. The van der Waals surface area contributed by atoms with Gasteiger partial charge < -0.3 is 4.74 Å². The van der Waals surface area contributed by atoms with Gasteiger partial charge in [0.1, 0.15) is 11.8 Å². The number of carbonyl (C=O) groups is 1. The predicted molar refractivity (Wildman–Crippen MR) is 47.7 cm³/mol. The van der Waals surface area contributed by atoms with Gasteiger partial charge in [-0.1, -0.05) is 11.6 Å². The molecule has 0 fully saturated rings. The van der Waals surface area contributed by atoms with Gasteiger partial charge >= 0.3 is 0 Å². The van der Waals surface area contributed by atoms with E-state index >= 15 is 0 Å². The Labute approximate surface area is 76.6 Å². The lowest BCUT2D eigenvalue weighted by Crippen LogP contribution is -1.97. The summed E-state index contributed by atoms with van der Waals surface area (Å²) in [4.78, 5) is 10.6. The highest BCUT2D eigenvalue weighted by Gasteiger charge is 2.01. The van der Waals surface area contributed by atoms with Crippen molar-refractivity contribution in [1.29, 1.82) is 5.26 Å². The summed E-state index contributed by atoms with van der Waals surface area (Å²) in [6.07, 6.45) is 0.722. The molecule has 3 nitrogen and oxygen atoms in total. The molecule has 0 radical (unpaired) electrons. The third-order valence-electron chi connectivity index (χ3n) is 1.58. The molecule has 0 aliphatic carbocycles. The van der Waals surface area contributed by atoms with Gasteiger partial charge in [-0.25, -0.2) is 0 Å². The lowest BCUT2D eigenvalue weighted by molar-refractivity contribution is 0.112. The van der Waals surface area contributed by atoms with E-state index in [1.54, 1.807) is 12.1 Å². The third kappa shape index (κ3) is 2.31. The van der Waals surface area contributed by atoms with Crippen LogP contribution in [0, 0.1) is 18.3 Å². The topological polar surface area (TPSA) is 50.1 Å². The lowest BCUT2D eigenvalue weighted by Gasteiger charge is -2.04. The van der Waals surface area contributed by atoms with Crippen LogP contribution in [0.1, 0.15) is 15.9 Å². The molecular weight excluding hydrogens is 166 g/mol. The van der Waals surface area contributed by atoms with E-state index in [-0.39, 0.29) is 6.61 Å². The van der Waals surface area contributed by atoms with E-state index in [4.69, 9.17) is 10.00 Å². The Balaban J connectivity index is 2.93. The maximum absolute atomic E-state index is 10.6. The zero-order valence-electron chi connectivity index (χ0n) is 7.28. The SMILES string of the molecule is Cc1ccc(OCC#N)c(C=O)c1. The van der Waals surface area contributed by atoms with Crippen molar-refractivity contribution in [2.75, 3.05) is 6.61 Å². The van der Waals surface area contributed by atoms with Crippen LogP contribution < -0.4 is 4.74 Å². The summed E-state index contributed by atoms with van der Waals surface area (Å²) in [6.45, 7) is 1.85. The van der Waals surface area contributed by atoms with Gasteiger partial charge in [0.15, 0.2) is 12.9 Å². The van der Waals surface area contributed by atoms with Gasteiger partial charge in [-0.05, 0) is 19.1 Å². The molecule has 0 bridgehead atoms. The fraction of sp³-hybridized carbons (Fsp3) is 0.200. The number of rotatable bonds is 3. The molecule has 1 rings (SSSR count). The highest BCUT2D eigenvalue weighted by atomic mass is 16.5. The molecule has 0 atom stereocenters. The lowest BCUT2D eigenvalue weighted by atomic mass is 10.1. The van der Waals surface area contributed by atoms with E-state index in [2.05, 4.69) is 0 Å². The number of nitrogens with zero attached hydrogens (tertiary/aromatic N) is 1. The van der Waals surface area contributed by atoms with Gasteiger partial charge in [0.25, 0.3) is 0 Å². The van der Waals surface area contributed by atoms with Crippen LogP contribution in [0.5, 0.6) is 5.75 Å². The average Bonchev–Trinajstić information content (AvgIpc) is 2.16. The van der Waals surface area contributed by atoms with Gasteiger partial charge in [-0.15, -0.1) is 0 Å². The van der Waals surface area contributed by atoms with Crippen LogP contribution in [-0.4, -0.2) is 12.9 Å². The van der Waals surface area contributed by atoms with Crippen LogP contribution in [0.15, 0.2) is 18.2 Å². The first kappa shape index (κ1) is 9.27. The Hall–Kier alpha value is -1.82. The van der Waals surface area contributed by atoms with Gasteiger partial charge in [-0.2, -0.15) is 5.26 Å². The average molecular weight is 175 g/mol. The number of aryl methyl sites for hydroxylation is 1. The molecule has 0 aromatic heterocycles. The summed E-state index contributed by atoms with van der Waals surface area (Å²) in [7, 11) is 0. The minimum Gasteiger partial charge on any atom is -0.478 e. The van der Waals surface area contributed by atoms with E-state index in [0.29, 0.717) is 11.3 Å². The number of ether oxygens (including phenoxy) is 1. The largest absolute Gasteiger partial charge is 0.478 e. The molecule has 0 aliphatic rings. The Morgan fingerprint density at radius 2 is 2.38 bits per heavy atom. The molecule has 3 heteroatoms. The molecule has 0 aliphatic heterocycles. The molecule has 0 N–H and O–H groups in total. The first-order valence-electron chi connectivity index (χ1n) is 3.83. The summed E-state index contributed by atoms with van der Waals surface area (Å²) >= 11 is 0. The smallest absolute Gasteiger partial charge is 0.174 e. The number of benzene rings is 1. The molecule has 0 amide bonds. The van der Waals surface area contributed by atoms with Gasteiger partial charge in [0.05, 0.1) is 5.56 Å². The second-order valence-electron chi connectivity index (χ2n) is 2.61. The molecule has 0 spiro atoms. The third-order valence-corrected chi connectivity index (χ3v) is 1.58. The number of nitriles is 1. The summed E-state index contributed by atoms with van der Waals surface area (Å²) in [5, 5.41) is 8.28. The maximum Gasteiger partial charge on any atom is 0.174 e. The molecule has 1 aromatic rings. The molecule has 0 unspecified atom stereocenters. The second kappa shape index (κ2) is 4.27. The Morgan fingerprint density at radius 1 is 1.62 bits per heavy atom. The van der Waals surface area contributed by atoms with Crippen molar-refractivity contribution in [3.63, 3.8) is 0 Å². The zero-order valence-corrected chi connectivity index (χ0v) is 7.28. The first-order valence-corrected chi connectivity index (χ1v) is 3.83. The number of carbonyl (C=O) groups excluding carboxylic acids is 1. The van der Waals surface area contributed by atoms with Crippen LogP contribution in [0.25, 0.3) is 0 Å². The normalized spacial score (nSPS) is 8.92. The van der Waals surface area contributed by atoms with Crippen molar-refractivity contribution in [3.05, 3.63) is 29.3 Å². The van der Waals surface area contributed by atoms with Crippen LogP contribution in [-0.2, 0) is 0 Å². The van der Waals surface area contributed by atoms with Gasteiger partial charge in [-0.3, -0.25) is 4.79 Å². The van der Waals surface area contributed by atoms with E-state index in [0.717, 1.165) is 11.8 Å². The highest BCUT2D eigenvalue weighted by Crippen LogP contribution is 2.17. The Morgan fingerprint density at radius 3 is 3.00 bits per heavy atom. The van der Waals surface area contributed by atoms with Crippen molar-refractivity contribution >= 4 is 6.29 Å². The van der Waals surface area contributed by atoms with Crippen molar-refractivity contribution < 1.29 is 9.53 Å². The standard InChI is InChI=1S/C10H9NO2/c1-8-2-3-10(13-5-4-11)9(6-8)7-12/h2-3,6-7H,5H2,1H3. The molecule has 13 heavy (non-hydrogen) atoms. The molecule has 0 heterocycles. The first-order chi connectivity index (χ1) is 6.27. The second-order valence-corrected chi connectivity index (χ2v) is 2.61. The molecule has 1 aromatic carbocycles. The van der Waals surface area contributed by atoms with Crippen LogP contribution >= 0.6 is 0 Å². The van der Waals surface area contributed by atoms with E-state index in [1.807, 2.05) is 19.1 Å². The van der Waals surface area contributed by atoms with Crippen LogP contribution in [0.4, 0.5) is 0 Å². The predicted octanol–water partition coefficient (Wildman–Crippen LogP) is 1.71. The minimum atomic E-state index is -0.0378. The minimum absolute atomic E-state index is 0.0378. The highest BCUT2D eigenvalue weighted by molar-refractivity contribution is 5.79. The fourth-order valence-corrected chi connectivity index (χ4v) is 1.00. The molecular formula is C10H9NO2. The summed E-state index contributed by atoms with van der Waals surface area (Å²) < 4.78 is 5.04. The molecule has 0 saturated heterocycles. The summed E-state index contributed by atoms with van der Waals surface area (Å²) in [5.74, 6) is 0.460. The zero-order chi connectivity index (χ0) is 9.68. The van der Waals surface area contributed by atoms with Crippen molar-refractivity contribution in [2.45, 2.75) is 6.92 Å². The van der Waals surface area contributed by atoms with Crippen molar-refractivity contribution in [3.8, 4) is 11.8 Å². The quantitative estimate of drug-likeness (QED) is 0.657. The Bertz CT molecular complexity index is 352. The molecule has 0 saturated carbocycles. The monoisotopic (exact) mass is 175 g/mol. The number of aldehydes is 1. The van der Waals surface area contributed by atoms with Crippen LogP contribution in [0.3, 0.4) is 0 Å². The summed E-state index contributed by atoms with van der Waals surface area (Å²) in [5.41, 5.74) is 1.47. The fourth-order valence-electron chi connectivity index (χ4n) is 1.00. The van der Waals surface area contributed by atoms with E-state index in [9.17, 15) is 4.79 Å². The Kier molecular flexibility index (Phi) is 3.04. The van der Waals surface area contributed by atoms with Gasteiger partial charge in [0, 0.05) is 0 Å². The van der Waals surface area contributed by atoms with Crippen LogP contribution in [0.2, 0.25) is 0 Å². The van der Waals surface area contributed by atoms with E-state index in [1.165, 1.54) is 0 Å². The van der Waals surface area contributed by atoms with Crippen molar-refractivity contribution in [2.24, 2.45) is 0 Å². The maximum atomic E-state index is 10.6.